The molecule has 1 heterocycles. The van der Waals surface area contributed by atoms with Crippen LogP contribution in [-0.4, -0.2) is 40.8 Å². The second-order valence-electron chi connectivity index (χ2n) is 6.36. The van der Waals surface area contributed by atoms with E-state index >= 15 is 0 Å². The van der Waals surface area contributed by atoms with Gasteiger partial charge in [0.2, 0.25) is 0 Å². The molecule has 0 spiro atoms. The van der Waals surface area contributed by atoms with Crippen LogP contribution in [0, 0.1) is 11.7 Å². The molecule has 1 aromatic heterocycles. The zero-order chi connectivity index (χ0) is 17.1. The van der Waals surface area contributed by atoms with Crippen LogP contribution in [0.15, 0.2) is 34.9 Å². The molecule has 6 heteroatoms. The van der Waals surface area contributed by atoms with Crippen molar-refractivity contribution in [3.05, 3.63) is 41.8 Å². The zero-order valence-electron chi connectivity index (χ0n) is 13.6. The molecule has 0 unspecified atom stereocenters. The molecule has 24 heavy (non-hydrogen) atoms. The predicted octanol–water partition coefficient (Wildman–Crippen LogP) is 3.10. The Kier molecular flexibility index (Phi) is 4.94. The lowest BCUT2D eigenvalue weighted by Crippen LogP contribution is -2.40. The average molecular weight is 332 g/mol. The van der Waals surface area contributed by atoms with Gasteiger partial charge in [-0.1, -0.05) is 5.16 Å². The largest absolute Gasteiger partial charge is 0.396 e. The summed E-state index contributed by atoms with van der Waals surface area (Å²) in [6.45, 7) is 0.217. The maximum Gasteiger partial charge on any atom is 0.276 e. The number of rotatable bonds is 4. The van der Waals surface area contributed by atoms with Crippen LogP contribution in [0.3, 0.4) is 0 Å². The molecule has 0 bridgehead atoms. The maximum absolute atomic E-state index is 13.0. The van der Waals surface area contributed by atoms with Gasteiger partial charge in [0.1, 0.15) is 5.82 Å². The Morgan fingerprint density at radius 3 is 2.58 bits per heavy atom. The molecule has 0 atom stereocenters. The molecule has 1 fully saturated rings. The van der Waals surface area contributed by atoms with E-state index in [0.717, 1.165) is 25.7 Å². The van der Waals surface area contributed by atoms with Crippen molar-refractivity contribution in [1.82, 2.24) is 10.1 Å². The van der Waals surface area contributed by atoms with Crippen LogP contribution in [0.5, 0.6) is 0 Å². The number of carbonyl (C=O) groups excluding carboxylic acids is 1. The van der Waals surface area contributed by atoms with E-state index in [9.17, 15) is 14.3 Å². The minimum atomic E-state index is -0.326. The van der Waals surface area contributed by atoms with E-state index in [-0.39, 0.29) is 30.1 Å². The molecule has 0 radical (unpaired) electrons. The fraction of sp³-hybridized carbons (Fsp3) is 0.444. The van der Waals surface area contributed by atoms with E-state index in [1.54, 1.807) is 30.1 Å². The second-order valence-corrected chi connectivity index (χ2v) is 6.36. The third kappa shape index (κ3) is 3.48. The molecular formula is C18H21FN2O3. The third-order valence-corrected chi connectivity index (χ3v) is 4.80. The topological polar surface area (TPSA) is 66.6 Å². The molecule has 1 N–H and O–H groups in total. The van der Waals surface area contributed by atoms with E-state index in [0.29, 0.717) is 17.2 Å². The predicted molar refractivity (Wildman–Crippen MR) is 86.8 cm³/mol. The molecule has 0 saturated heterocycles. The first kappa shape index (κ1) is 16.6. The Bertz CT molecular complexity index is 691. The smallest absolute Gasteiger partial charge is 0.276 e. The van der Waals surface area contributed by atoms with Crippen molar-refractivity contribution in [2.45, 2.75) is 31.7 Å². The Morgan fingerprint density at radius 1 is 1.29 bits per heavy atom. The first-order chi connectivity index (χ1) is 11.6. The van der Waals surface area contributed by atoms with E-state index in [4.69, 9.17) is 4.52 Å². The summed E-state index contributed by atoms with van der Waals surface area (Å²) in [6, 6.07) is 7.60. The number of carbonyl (C=O) groups is 1. The van der Waals surface area contributed by atoms with Gasteiger partial charge in [0.15, 0.2) is 11.5 Å². The summed E-state index contributed by atoms with van der Waals surface area (Å²) in [6.07, 6.45) is 3.63. The number of aromatic nitrogens is 1. The molecule has 1 aliphatic rings. The molecule has 1 saturated carbocycles. The Balaban J connectivity index is 1.68. The fourth-order valence-corrected chi connectivity index (χ4v) is 3.19. The van der Waals surface area contributed by atoms with Gasteiger partial charge < -0.3 is 14.5 Å². The highest BCUT2D eigenvalue weighted by Gasteiger charge is 2.28. The van der Waals surface area contributed by atoms with Gasteiger partial charge in [-0.25, -0.2) is 4.39 Å². The van der Waals surface area contributed by atoms with Crippen molar-refractivity contribution >= 4 is 5.91 Å². The van der Waals surface area contributed by atoms with Gasteiger partial charge in [-0.15, -0.1) is 0 Å². The van der Waals surface area contributed by atoms with Crippen LogP contribution in [0.25, 0.3) is 11.3 Å². The van der Waals surface area contributed by atoms with Crippen LogP contribution < -0.4 is 0 Å². The summed E-state index contributed by atoms with van der Waals surface area (Å²) in [7, 11) is 1.78. The summed E-state index contributed by atoms with van der Waals surface area (Å²) in [5.74, 6) is 0.282. The van der Waals surface area contributed by atoms with Crippen molar-refractivity contribution in [2.24, 2.45) is 5.92 Å². The number of aliphatic hydroxyl groups excluding tert-OH is 1. The number of hydrogen-bond donors (Lipinski definition) is 1. The van der Waals surface area contributed by atoms with E-state index in [1.807, 2.05) is 0 Å². The van der Waals surface area contributed by atoms with Gasteiger partial charge in [-0.2, -0.15) is 0 Å². The van der Waals surface area contributed by atoms with Gasteiger partial charge in [-0.3, -0.25) is 4.79 Å². The number of hydrogen-bond acceptors (Lipinski definition) is 4. The van der Waals surface area contributed by atoms with Gasteiger partial charge in [0.25, 0.3) is 5.91 Å². The number of amides is 1. The van der Waals surface area contributed by atoms with Crippen LogP contribution >= 0.6 is 0 Å². The van der Waals surface area contributed by atoms with E-state index in [2.05, 4.69) is 5.16 Å². The Morgan fingerprint density at radius 2 is 1.96 bits per heavy atom. The standard InChI is InChI=1S/C18H21FN2O3/c1-21(15-8-2-12(11-22)3-9-15)18(23)16-10-17(24-20-16)13-4-6-14(19)7-5-13/h4-7,10,12,15,22H,2-3,8-9,11H2,1H3. The molecular weight excluding hydrogens is 311 g/mol. The summed E-state index contributed by atoms with van der Waals surface area (Å²) in [4.78, 5) is 14.3. The minimum Gasteiger partial charge on any atom is -0.396 e. The minimum absolute atomic E-state index is 0.159. The molecule has 0 aliphatic heterocycles. The Hall–Kier alpha value is -2.21. The SMILES string of the molecule is CN(C(=O)c1cc(-c2ccc(F)cc2)on1)C1CCC(CO)CC1. The number of benzene rings is 1. The number of aliphatic hydroxyl groups is 1. The third-order valence-electron chi connectivity index (χ3n) is 4.80. The van der Waals surface area contributed by atoms with Gasteiger partial charge in [0, 0.05) is 31.3 Å². The normalized spacial score (nSPS) is 20.8. The molecule has 128 valence electrons. The lowest BCUT2D eigenvalue weighted by atomic mass is 9.86. The monoisotopic (exact) mass is 332 g/mol. The van der Waals surface area contributed by atoms with Crippen LogP contribution in [0.1, 0.15) is 36.2 Å². The van der Waals surface area contributed by atoms with E-state index < -0.39 is 0 Å². The fourth-order valence-electron chi connectivity index (χ4n) is 3.19. The number of nitrogens with zero attached hydrogens (tertiary/aromatic N) is 2. The summed E-state index contributed by atoms with van der Waals surface area (Å²) < 4.78 is 18.2. The summed E-state index contributed by atoms with van der Waals surface area (Å²) >= 11 is 0. The quantitative estimate of drug-likeness (QED) is 0.934. The second kappa shape index (κ2) is 7.13. The van der Waals surface area contributed by atoms with Crippen LogP contribution in [0.2, 0.25) is 0 Å². The summed E-state index contributed by atoms with van der Waals surface area (Å²) in [5.41, 5.74) is 0.926. The molecule has 1 amide bonds. The van der Waals surface area contributed by atoms with Gasteiger partial charge >= 0.3 is 0 Å². The van der Waals surface area contributed by atoms with Crippen molar-refractivity contribution in [1.29, 1.82) is 0 Å². The summed E-state index contributed by atoms with van der Waals surface area (Å²) in [5, 5.41) is 13.1. The number of halogens is 1. The lowest BCUT2D eigenvalue weighted by molar-refractivity contribution is 0.0643. The average Bonchev–Trinajstić information content (AvgIpc) is 3.11. The molecule has 3 rings (SSSR count). The molecule has 5 nitrogen and oxygen atoms in total. The molecule has 1 aromatic carbocycles. The first-order valence-corrected chi connectivity index (χ1v) is 8.19. The molecule has 1 aliphatic carbocycles. The van der Waals surface area contributed by atoms with Gasteiger partial charge in [0.05, 0.1) is 0 Å². The molecule has 2 aromatic rings. The van der Waals surface area contributed by atoms with E-state index in [1.165, 1.54) is 12.1 Å². The van der Waals surface area contributed by atoms with Crippen molar-refractivity contribution < 1.29 is 18.8 Å². The first-order valence-electron chi connectivity index (χ1n) is 8.19. The highest BCUT2D eigenvalue weighted by Crippen LogP contribution is 2.28. The maximum atomic E-state index is 13.0. The van der Waals surface area contributed by atoms with Crippen LogP contribution in [0.4, 0.5) is 4.39 Å². The lowest BCUT2D eigenvalue weighted by Gasteiger charge is -2.33. The van der Waals surface area contributed by atoms with Crippen molar-refractivity contribution in [2.75, 3.05) is 13.7 Å². The zero-order valence-corrected chi connectivity index (χ0v) is 13.6. The highest BCUT2D eigenvalue weighted by atomic mass is 19.1. The Labute approximate surface area is 140 Å². The van der Waals surface area contributed by atoms with Crippen LogP contribution in [-0.2, 0) is 0 Å². The highest BCUT2D eigenvalue weighted by molar-refractivity contribution is 5.93. The van der Waals surface area contributed by atoms with Gasteiger partial charge in [-0.05, 0) is 55.9 Å². The van der Waals surface area contributed by atoms with Crippen molar-refractivity contribution in [3.8, 4) is 11.3 Å². The van der Waals surface area contributed by atoms with Crippen molar-refractivity contribution in [3.63, 3.8) is 0 Å².